The molecule has 0 fully saturated rings. The van der Waals surface area contributed by atoms with Gasteiger partial charge in [-0.2, -0.15) is 13.2 Å². The van der Waals surface area contributed by atoms with Crippen molar-refractivity contribution < 1.29 is 17.9 Å². The van der Waals surface area contributed by atoms with Gasteiger partial charge in [-0.1, -0.05) is 0 Å². The van der Waals surface area contributed by atoms with Gasteiger partial charge in [0.1, 0.15) is 6.61 Å². The normalized spacial score (nSPS) is 14.2. The van der Waals surface area contributed by atoms with Crippen molar-refractivity contribution >= 4 is 22.9 Å². The SMILES string of the molecule is Cc1ccc(C(Cl)COCC(F)(F)F)s1. The lowest BCUT2D eigenvalue weighted by Gasteiger charge is -2.10. The molecular weight excluding hydrogens is 249 g/mol. The molecule has 0 saturated carbocycles. The number of hydrogen-bond donors (Lipinski definition) is 0. The second kappa shape index (κ2) is 5.18. The highest BCUT2D eigenvalue weighted by molar-refractivity contribution is 7.12. The van der Waals surface area contributed by atoms with Gasteiger partial charge in [0.25, 0.3) is 0 Å². The Morgan fingerprint density at radius 1 is 1.47 bits per heavy atom. The highest BCUT2D eigenvalue weighted by atomic mass is 35.5. The Kier molecular flexibility index (Phi) is 4.43. The minimum atomic E-state index is -4.29. The summed E-state index contributed by atoms with van der Waals surface area (Å²) in [4.78, 5) is 1.91. The Bertz CT molecular complexity index is 311. The summed E-state index contributed by atoms with van der Waals surface area (Å²) in [7, 11) is 0. The van der Waals surface area contributed by atoms with E-state index in [-0.39, 0.29) is 6.61 Å². The van der Waals surface area contributed by atoms with Crippen LogP contribution < -0.4 is 0 Å². The van der Waals surface area contributed by atoms with Crippen LogP contribution in [0.4, 0.5) is 13.2 Å². The topological polar surface area (TPSA) is 9.23 Å². The zero-order chi connectivity index (χ0) is 11.5. The minimum absolute atomic E-state index is 0.124. The van der Waals surface area contributed by atoms with Gasteiger partial charge in [-0.3, -0.25) is 0 Å². The Balaban J connectivity index is 2.34. The van der Waals surface area contributed by atoms with Gasteiger partial charge in [0.15, 0.2) is 0 Å². The zero-order valence-corrected chi connectivity index (χ0v) is 9.55. The molecule has 86 valence electrons. The maximum atomic E-state index is 11.7. The number of aryl methyl sites for hydroxylation is 1. The van der Waals surface area contributed by atoms with Crippen LogP contribution in [0.1, 0.15) is 15.1 Å². The molecule has 0 spiro atoms. The fourth-order valence-corrected chi connectivity index (χ4v) is 2.12. The molecule has 1 unspecified atom stereocenters. The summed E-state index contributed by atoms with van der Waals surface area (Å²) in [5, 5.41) is -0.508. The lowest BCUT2D eigenvalue weighted by atomic mass is 10.3. The van der Waals surface area contributed by atoms with E-state index >= 15 is 0 Å². The number of ether oxygens (including phenoxy) is 1. The lowest BCUT2D eigenvalue weighted by Crippen LogP contribution is -2.18. The van der Waals surface area contributed by atoms with Crippen molar-refractivity contribution in [3.05, 3.63) is 21.9 Å². The van der Waals surface area contributed by atoms with Crippen LogP contribution in [-0.4, -0.2) is 19.4 Å². The Morgan fingerprint density at radius 2 is 2.13 bits per heavy atom. The highest BCUT2D eigenvalue weighted by Gasteiger charge is 2.28. The molecule has 15 heavy (non-hydrogen) atoms. The van der Waals surface area contributed by atoms with Crippen LogP contribution in [0.25, 0.3) is 0 Å². The molecule has 1 aromatic rings. The number of thiophene rings is 1. The predicted molar refractivity (Wildman–Crippen MR) is 54.5 cm³/mol. The van der Waals surface area contributed by atoms with Gasteiger partial charge in [0.05, 0.1) is 12.0 Å². The number of hydrogen-bond acceptors (Lipinski definition) is 2. The summed E-state index contributed by atoms with van der Waals surface area (Å²) in [6.45, 7) is 0.538. The Morgan fingerprint density at radius 3 is 2.60 bits per heavy atom. The van der Waals surface area contributed by atoms with Crippen LogP contribution in [0.5, 0.6) is 0 Å². The van der Waals surface area contributed by atoms with Crippen LogP contribution in [0.15, 0.2) is 12.1 Å². The molecule has 1 rings (SSSR count). The smallest absolute Gasteiger partial charge is 0.370 e. The fraction of sp³-hybridized carbons (Fsp3) is 0.556. The average molecular weight is 259 g/mol. The maximum Gasteiger partial charge on any atom is 0.411 e. The third kappa shape index (κ3) is 4.86. The highest BCUT2D eigenvalue weighted by Crippen LogP contribution is 2.28. The van der Waals surface area contributed by atoms with Crippen molar-refractivity contribution in [2.45, 2.75) is 18.5 Å². The van der Waals surface area contributed by atoms with Gasteiger partial charge in [-0.15, -0.1) is 22.9 Å². The summed E-state index contributed by atoms with van der Waals surface area (Å²) in [6.07, 6.45) is -4.29. The molecule has 1 heterocycles. The van der Waals surface area contributed by atoms with E-state index in [1.807, 2.05) is 13.0 Å². The van der Waals surface area contributed by atoms with E-state index in [9.17, 15) is 13.2 Å². The second-order valence-corrected chi connectivity index (χ2v) is 4.89. The quantitative estimate of drug-likeness (QED) is 0.744. The van der Waals surface area contributed by atoms with Gasteiger partial charge in [0.2, 0.25) is 0 Å². The molecule has 0 aliphatic carbocycles. The van der Waals surface area contributed by atoms with E-state index in [0.29, 0.717) is 0 Å². The van der Waals surface area contributed by atoms with E-state index < -0.39 is 18.2 Å². The Hall–Kier alpha value is -0.260. The van der Waals surface area contributed by atoms with Gasteiger partial charge in [-0.05, 0) is 19.1 Å². The van der Waals surface area contributed by atoms with Crippen molar-refractivity contribution in [3.63, 3.8) is 0 Å². The second-order valence-electron chi connectivity index (χ2n) is 3.05. The van der Waals surface area contributed by atoms with Gasteiger partial charge in [0, 0.05) is 9.75 Å². The molecule has 0 aliphatic rings. The minimum Gasteiger partial charge on any atom is -0.370 e. The number of halogens is 4. The first-order valence-corrected chi connectivity index (χ1v) is 5.48. The molecule has 0 saturated heterocycles. The Labute approximate surface area is 94.8 Å². The van der Waals surface area contributed by atoms with Crippen LogP contribution in [-0.2, 0) is 4.74 Å². The van der Waals surface area contributed by atoms with E-state index in [0.717, 1.165) is 9.75 Å². The van der Waals surface area contributed by atoms with Gasteiger partial charge < -0.3 is 4.74 Å². The zero-order valence-electron chi connectivity index (χ0n) is 7.97. The standard InChI is InChI=1S/C9H10ClF3OS/c1-6-2-3-8(15-6)7(10)4-14-5-9(11,12)13/h2-3,7H,4-5H2,1H3. The molecule has 6 heteroatoms. The summed E-state index contributed by atoms with van der Waals surface area (Å²) in [6, 6.07) is 3.67. The third-order valence-corrected chi connectivity index (χ3v) is 3.20. The largest absolute Gasteiger partial charge is 0.411 e. The average Bonchev–Trinajstić information content (AvgIpc) is 2.49. The summed E-state index contributed by atoms with van der Waals surface area (Å²) < 4.78 is 39.7. The summed E-state index contributed by atoms with van der Waals surface area (Å²) >= 11 is 7.33. The first-order valence-electron chi connectivity index (χ1n) is 4.23. The predicted octanol–water partition coefficient (Wildman–Crippen LogP) is 3.92. The summed E-state index contributed by atoms with van der Waals surface area (Å²) in [5.74, 6) is 0. The molecule has 1 nitrogen and oxygen atoms in total. The molecule has 0 N–H and O–H groups in total. The van der Waals surface area contributed by atoms with Crippen molar-refractivity contribution in [1.82, 2.24) is 0 Å². The van der Waals surface area contributed by atoms with Crippen molar-refractivity contribution in [2.24, 2.45) is 0 Å². The van der Waals surface area contributed by atoms with E-state index in [4.69, 9.17) is 11.6 Å². The van der Waals surface area contributed by atoms with E-state index in [1.54, 1.807) is 6.07 Å². The molecule has 0 radical (unpaired) electrons. The molecule has 0 bridgehead atoms. The number of alkyl halides is 4. The number of rotatable bonds is 4. The van der Waals surface area contributed by atoms with Crippen LogP contribution >= 0.6 is 22.9 Å². The monoisotopic (exact) mass is 258 g/mol. The molecule has 1 aromatic heterocycles. The van der Waals surface area contributed by atoms with Gasteiger partial charge >= 0.3 is 6.18 Å². The first kappa shape index (κ1) is 12.8. The lowest BCUT2D eigenvalue weighted by molar-refractivity contribution is -0.173. The molecule has 0 aliphatic heterocycles. The van der Waals surface area contributed by atoms with E-state index in [2.05, 4.69) is 4.74 Å². The molecule has 1 atom stereocenters. The van der Waals surface area contributed by atoms with E-state index in [1.165, 1.54) is 11.3 Å². The first-order chi connectivity index (χ1) is 6.88. The van der Waals surface area contributed by atoms with Crippen molar-refractivity contribution in [2.75, 3.05) is 13.2 Å². The van der Waals surface area contributed by atoms with Gasteiger partial charge in [-0.25, -0.2) is 0 Å². The molecule has 0 amide bonds. The molecular formula is C9H10ClF3OS. The maximum absolute atomic E-state index is 11.7. The third-order valence-electron chi connectivity index (χ3n) is 1.60. The summed E-state index contributed by atoms with van der Waals surface area (Å²) in [5.41, 5.74) is 0. The molecule has 0 aromatic carbocycles. The van der Waals surface area contributed by atoms with Crippen molar-refractivity contribution in [1.29, 1.82) is 0 Å². The fourth-order valence-electron chi connectivity index (χ4n) is 0.982. The van der Waals surface area contributed by atoms with Crippen LogP contribution in [0, 0.1) is 6.92 Å². The van der Waals surface area contributed by atoms with Crippen molar-refractivity contribution in [3.8, 4) is 0 Å². The van der Waals surface area contributed by atoms with Crippen LogP contribution in [0.3, 0.4) is 0 Å². The van der Waals surface area contributed by atoms with Crippen LogP contribution in [0.2, 0.25) is 0 Å².